The minimum absolute atomic E-state index is 0.115. The molecular weight excluding hydrogens is 457 g/mol. The number of carbonyl (C=O) groups excluding carboxylic acids is 1. The molecule has 4 rings (SSSR count). The Bertz CT molecular complexity index is 1200. The standard InChI is InChI=1S/C29H34FN3O3/c1-19(2)27-25(22-8-10-23(30)11-9-22)16-26(29(34)36-5)28(31-27)33-15-14-32(20(3)17-33)18-21-6-12-24(35-4)13-7-21/h6-13,16,19-20H,14-15,17-18H2,1-5H3. The molecule has 1 aliphatic heterocycles. The summed E-state index contributed by atoms with van der Waals surface area (Å²) in [6, 6.07) is 16.6. The lowest BCUT2D eigenvalue weighted by molar-refractivity contribution is 0.0600. The topological polar surface area (TPSA) is 54.9 Å². The number of aromatic nitrogens is 1. The van der Waals surface area contributed by atoms with Gasteiger partial charge in [0.1, 0.15) is 22.9 Å². The second kappa shape index (κ2) is 11.1. The van der Waals surface area contributed by atoms with Gasteiger partial charge in [0.05, 0.1) is 19.9 Å². The van der Waals surface area contributed by atoms with Crippen molar-refractivity contribution in [3.05, 3.63) is 77.2 Å². The minimum Gasteiger partial charge on any atom is -0.497 e. The maximum Gasteiger partial charge on any atom is 0.341 e. The van der Waals surface area contributed by atoms with E-state index in [0.29, 0.717) is 11.4 Å². The van der Waals surface area contributed by atoms with Gasteiger partial charge in [0.2, 0.25) is 0 Å². The molecule has 1 unspecified atom stereocenters. The van der Waals surface area contributed by atoms with E-state index in [9.17, 15) is 9.18 Å². The number of carbonyl (C=O) groups is 1. The van der Waals surface area contributed by atoms with E-state index in [-0.39, 0.29) is 17.8 Å². The molecule has 2 aromatic carbocycles. The molecule has 1 aliphatic rings. The summed E-state index contributed by atoms with van der Waals surface area (Å²) >= 11 is 0. The van der Waals surface area contributed by atoms with Crippen molar-refractivity contribution in [2.24, 2.45) is 0 Å². The van der Waals surface area contributed by atoms with Crippen molar-refractivity contribution in [1.29, 1.82) is 0 Å². The van der Waals surface area contributed by atoms with Crippen molar-refractivity contribution in [2.75, 3.05) is 38.8 Å². The van der Waals surface area contributed by atoms with Gasteiger partial charge >= 0.3 is 5.97 Å². The van der Waals surface area contributed by atoms with Crippen molar-refractivity contribution in [3.8, 4) is 16.9 Å². The molecule has 2 heterocycles. The van der Waals surface area contributed by atoms with Crippen LogP contribution in [-0.2, 0) is 11.3 Å². The van der Waals surface area contributed by atoms with Crippen molar-refractivity contribution < 1.29 is 18.7 Å². The molecule has 0 spiro atoms. The van der Waals surface area contributed by atoms with Crippen LogP contribution in [0.1, 0.15) is 48.3 Å². The Labute approximate surface area is 212 Å². The zero-order chi connectivity index (χ0) is 25.8. The van der Waals surface area contributed by atoms with Gasteiger partial charge in [-0.2, -0.15) is 0 Å². The number of halogens is 1. The first kappa shape index (κ1) is 25.6. The number of esters is 1. The lowest BCUT2D eigenvalue weighted by Gasteiger charge is -2.41. The van der Waals surface area contributed by atoms with E-state index in [1.807, 2.05) is 18.2 Å². The number of piperazine rings is 1. The van der Waals surface area contributed by atoms with Crippen LogP contribution in [0.25, 0.3) is 11.1 Å². The summed E-state index contributed by atoms with van der Waals surface area (Å²) in [5.41, 5.74) is 4.17. The van der Waals surface area contributed by atoms with E-state index < -0.39 is 5.97 Å². The van der Waals surface area contributed by atoms with Crippen LogP contribution in [0, 0.1) is 5.82 Å². The van der Waals surface area contributed by atoms with Gasteiger partial charge in [0.25, 0.3) is 0 Å². The molecule has 6 nitrogen and oxygen atoms in total. The summed E-state index contributed by atoms with van der Waals surface area (Å²) in [7, 11) is 3.05. The van der Waals surface area contributed by atoms with Gasteiger partial charge in [-0.25, -0.2) is 14.2 Å². The number of nitrogens with zero attached hydrogens (tertiary/aromatic N) is 3. The van der Waals surface area contributed by atoms with Crippen LogP contribution in [0.2, 0.25) is 0 Å². The number of hydrogen-bond acceptors (Lipinski definition) is 6. The Balaban J connectivity index is 1.63. The number of rotatable bonds is 7. The van der Waals surface area contributed by atoms with E-state index in [0.717, 1.165) is 48.7 Å². The van der Waals surface area contributed by atoms with E-state index in [4.69, 9.17) is 14.5 Å². The first-order chi connectivity index (χ1) is 17.3. The largest absolute Gasteiger partial charge is 0.497 e. The third-order valence-corrected chi connectivity index (χ3v) is 6.75. The number of pyridine rings is 1. The van der Waals surface area contributed by atoms with Crippen molar-refractivity contribution in [1.82, 2.24) is 9.88 Å². The molecule has 7 heteroatoms. The van der Waals surface area contributed by atoms with E-state index in [1.54, 1.807) is 19.2 Å². The monoisotopic (exact) mass is 491 g/mol. The van der Waals surface area contributed by atoms with E-state index in [2.05, 4.69) is 42.7 Å². The van der Waals surface area contributed by atoms with Crippen LogP contribution < -0.4 is 9.64 Å². The fourth-order valence-corrected chi connectivity index (χ4v) is 4.71. The Kier molecular flexibility index (Phi) is 7.89. The van der Waals surface area contributed by atoms with Gasteiger partial charge in [-0.1, -0.05) is 38.1 Å². The number of anilines is 1. The molecule has 1 saturated heterocycles. The summed E-state index contributed by atoms with van der Waals surface area (Å²) in [4.78, 5) is 22.5. The van der Waals surface area contributed by atoms with Gasteiger partial charge < -0.3 is 14.4 Å². The van der Waals surface area contributed by atoms with Gasteiger partial charge in [-0.05, 0) is 54.3 Å². The fourth-order valence-electron chi connectivity index (χ4n) is 4.71. The number of methoxy groups -OCH3 is 2. The molecule has 0 aliphatic carbocycles. The molecule has 3 aromatic rings. The third-order valence-electron chi connectivity index (χ3n) is 6.75. The molecule has 0 bridgehead atoms. The lowest BCUT2D eigenvalue weighted by atomic mass is 9.95. The Morgan fingerprint density at radius 1 is 1.08 bits per heavy atom. The Hall–Kier alpha value is -3.45. The zero-order valence-corrected chi connectivity index (χ0v) is 21.6. The van der Waals surface area contributed by atoms with Gasteiger partial charge in [-0.3, -0.25) is 4.90 Å². The van der Waals surface area contributed by atoms with Gasteiger partial charge in [0, 0.05) is 37.8 Å². The van der Waals surface area contributed by atoms with Crippen molar-refractivity contribution >= 4 is 11.8 Å². The number of benzene rings is 2. The van der Waals surface area contributed by atoms with Crippen LogP contribution in [0.4, 0.5) is 10.2 Å². The molecule has 36 heavy (non-hydrogen) atoms. The Morgan fingerprint density at radius 2 is 1.78 bits per heavy atom. The highest BCUT2D eigenvalue weighted by molar-refractivity contribution is 5.96. The predicted molar refractivity (Wildman–Crippen MR) is 140 cm³/mol. The zero-order valence-electron chi connectivity index (χ0n) is 21.6. The van der Waals surface area contributed by atoms with Crippen LogP contribution in [0.15, 0.2) is 54.6 Å². The molecule has 0 amide bonds. The van der Waals surface area contributed by atoms with E-state index >= 15 is 0 Å². The maximum absolute atomic E-state index is 13.6. The average molecular weight is 492 g/mol. The van der Waals surface area contributed by atoms with Crippen LogP contribution in [0.3, 0.4) is 0 Å². The first-order valence-electron chi connectivity index (χ1n) is 12.3. The molecule has 0 radical (unpaired) electrons. The molecule has 1 fully saturated rings. The first-order valence-corrected chi connectivity index (χ1v) is 12.3. The highest BCUT2D eigenvalue weighted by Crippen LogP contribution is 2.34. The fraction of sp³-hybridized carbons (Fsp3) is 0.379. The van der Waals surface area contributed by atoms with Crippen molar-refractivity contribution in [2.45, 2.75) is 39.3 Å². The van der Waals surface area contributed by atoms with E-state index in [1.165, 1.54) is 24.8 Å². The molecule has 0 N–H and O–H groups in total. The quantitative estimate of drug-likeness (QED) is 0.406. The number of ether oxygens (including phenoxy) is 2. The predicted octanol–water partition coefficient (Wildman–Crippen LogP) is 5.52. The number of hydrogen-bond donors (Lipinski definition) is 0. The highest BCUT2D eigenvalue weighted by atomic mass is 19.1. The van der Waals surface area contributed by atoms with Crippen LogP contribution in [0.5, 0.6) is 5.75 Å². The maximum atomic E-state index is 13.6. The van der Waals surface area contributed by atoms with Crippen LogP contribution in [-0.4, -0.2) is 55.7 Å². The van der Waals surface area contributed by atoms with Gasteiger partial charge in [-0.15, -0.1) is 0 Å². The normalized spacial score (nSPS) is 16.3. The molecular formula is C29H34FN3O3. The minimum atomic E-state index is -0.426. The third kappa shape index (κ3) is 5.51. The summed E-state index contributed by atoms with van der Waals surface area (Å²) in [6.07, 6.45) is 0. The second-order valence-electron chi connectivity index (χ2n) is 9.56. The molecule has 1 atom stereocenters. The molecule has 190 valence electrons. The summed E-state index contributed by atoms with van der Waals surface area (Å²) < 4.78 is 24.0. The summed E-state index contributed by atoms with van der Waals surface area (Å²) in [6.45, 7) is 9.51. The van der Waals surface area contributed by atoms with Crippen molar-refractivity contribution in [3.63, 3.8) is 0 Å². The van der Waals surface area contributed by atoms with Crippen LogP contribution >= 0.6 is 0 Å². The smallest absolute Gasteiger partial charge is 0.341 e. The lowest BCUT2D eigenvalue weighted by Crippen LogP contribution is -2.52. The summed E-state index contributed by atoms with van der Waals surface area (Å²) in [5.74, 6) is 0.883. The Morgan fingerprint density at radius 3 is 2.36 bits per heavy atom. The average Bonchev–Trinajstić information content (AvgIpc) is 2.89. The SMILES string of the molecule is COC(=O)c1cc(-c2ccc(F)cc2)c(C(C)C)nc1N1CCN(Cc2ccc(OC)cc2)C(C)C1. The summed E-state index contributed by atoms with van der Waals surface area (Å²) in [5, 5.41) is 0. The molecule has 1 aromatic heterocycles. The second-order valence-corrected chi connectivity index (χ2v) is 9.56. The highest BCUT2D eigenvalue weighted by Gasteiger charge is 2.29. The molecule has 0 saturated carbocycles. The van der Waals surface area contributed by atoms with Gasteiger partial charge in [0.15, 0.2) is 0 Å².